The molecule has 1 fully saturated rings. The van der Waals surface area contributed by atoms with E-state index in [1.54, 1.807) is 0 Å². The summed E-state index contributed by atoms with van der Waals surface area (Å²) < 4.78 is 0. The van der Waals surface area contributed by atoms with E-state index < -0.39 is 8.07 Å². The summed E-state index contributed by atoms with van der Waals surface area (Å²) in [5.74, 6) is 0.824. The van der Waals surface area contributed by atoms with Crippen molar-refractivity contribution < 1.29 is 0 Å². The fourth-order valence-corrected chi connectivity index (χ4v) is 3.22. The Kier molecular flexibility index (Phi) is 5.54. The van der Waals surface area contributed by atoms with E-state index in [1.165, 1.54) is 43.7 Å². The largest absolute Gasteiger partial charge is 0.0993 e. The smallest absolute Gasteiger partial charge is 0.0480 e. The first kappa shape index (κ1) is 13.8. The first-order valence-corrected chi connectivity index (χ1v) is 10.5. The van der Waals surface area contributed by atoms with Crippen molar-refractivity contribution in [3.8, 4) is 0 Å². The van der Waals surface area contributed by atoms with Crippen molar-refractivity contribution in [2.24, 2.45) is 5.92 Å². The number of rotatable bonds is 5. The molecule has 0 nitrogen and oxygen atoms in total. The summed E-state index contributed by atoms with van der Waals surface area (Å²) in [6.45, 7) is 11.5. The molecule has 0 unspecified atom stereocenters. The van der Waals surface area contributed by atoms with Gasteiger partial charge < -0.3 is 0 Å². The lowest BCUT2D eigenvalue weighted by Crippen LogP contribution is -2.17. The lowest BCUT2D eigenvalue weighted by molar-refractivity contribution is 0.400. The molecule has 0 aliphatic heterocycles. The van der Waals surface area contributed by atoms with Gasteiger partial charge in [0.1, 0.15) is 0 Å². The van der Waals surface area contributed by atoms with Gasteiger partial charge in [-0.2, -0.15) is 0 Å². The molecule has 1 rings (SSSR count). The Balaban J connectivity index is 2.23. The molecule has 0 N–H and O–H groups in total. The summed E-state index contributed by atoms with van der Waals surface area (Å²) in [4.78, 5) is 0. The van der Waals surface area contributed by atoms with Gasteiger partial charge in [0.2, 0.25) is 0 Å². The Labute approximate surface area is 103 Å². The van der Waals surface area contributed by atoms with Crippen molar-refractivity contribution in [1.82, 2.24) is 0 Å². The van der Waals surface area contributed by atoms with E-state index in [0.717, 1.165) is 12.3 Å². The summed E-state index contributed by atoms with van der Waals surface area (Å²) in [5.41, 5.74) is 1.48. The highest BCUT2D eigenvalue weighted by Gasteiger charge is 2.15. The first-order valence-electron chi connectivity index (χ1n) is 6.82. The predicted octanol–water partition coefficient (Wildman–Crippen LogP) is 5.41. The molecule has 0 amide bonds. The van der Waals surface area contributed by atoms with E-state index in [0.29, 0.717) is 0 Å². The molecule has 0 saturated heterocycles. The standard InChI is InChI=1S/C15H28Si/c1-14(15-11-6-5-7-12-15)10-8-9-13-16(2,3)4/h8-9,15H,1,5-7,10-13H2,2-4H3/b9-8+. The van der Waals surface area contributed by atoms with Crippen LogP contribution < -0.4 is 0 Å². The maximum absolute atomic E-state index is 4.27. The molecule has 1 heteroatoms. The maximum Gasteiger partial charge on any atom is 0.0480 e. The van der Waals surface area contributed by atoms with Gasteiger partial charge in [-0.05, 0) is 31.2 Å². The summed E-state index contributed by atoms with van der Waals surface area (Å²) in [6.07, 6.45) is 12.9. The molecule has 0 aromatic rings. The molecule has 0 radical (unpaired) electrons. The van der Waals surface area contributed by atoms with Crippen LogP contribution in [0.25, 0.3) is 0 Å². The Morgan fingerprint density at radius 1 is 1.12 bits per heavy atom. The molecular formula is C15H28Si. The molecule has 0 atom stereocenters. The summed E-state index contributed by atoms with van der Waals surface area (Å²) in [5, 5.41) is 0. The van der Waals surface area contributed by atoms with Crippen molar-refractivity contribution in [3.63, 3.8) is 0 Å². The van der Waals surface area contributed by atoms with E-state index in [9.17, 15) is 0 Å². The second kappa shape index (κ2) is 6.44. The molecule has 0 spiro atoms. The minimum atomic E-state index is -0.885. The molecule has 0 aromatic heterocycles. The highest BCUT2D eigenvalue weighted by atomic mass is 28.3. The van der Waals surface area contributed by atoms with Gasteiger partial charge in [0.05, 0.1) is 0 Å². The minimum absolute atomic E-state index is 0.824. The van der Waals surface area contributed by atoms with Crippen LogP contribution >= 0.6 is 0 Å². The zero-order valence-corrected chi connectivity index (χ0v) is 12.4. The van der Waals surface area contributed by atoms with Crippen LogP contribution in [0, 0.1) is 5.92 Å². The van der Waals surface area contributed by atoms with Gasteiger partial charge in [-0.1, -0.05) is 63.2 Å². The third-order valence-corrected chi connectivity index (χ3v) is 4.92. The van der Waals surface area contributed by atoms with E-state index >= 15 is 0 Å². The fraction of sp³-hybridized carbons (Fsp3) is 0.733. The predicted molar refractivity (Wildman–Crippen MR) is 77.6 cm³/mol. The van der Waals surface area contributed by atoms with Crippen molar-refractivity contribution in [1.29, 1.82) is 0 Å². The van der Waals surface area contributed by atoms with Crippen LogP contribution in [0.5, 0.6) is 0 Å². The van der Waals surface area contributed by atoms with Crippen LogP contribution in [-0.4, -0.2) is 8.07 Å². The average Bonchev–Trinajstić information content (AvgIpc) is 2.24. The van der Waals surface area contributed by atoms with Crippen LogP contribution in [0.4, 0.5) is 0 Å². The van der Waals surface area contributed by atoms with Crippen LogP contribution in [0.15, 0.2) is 24.3 Å². The van der Waals surface area contributed by atoms with Gasteiger partial charge in [-0.25, -0.2) is 0 Å². The van der Waals surface area contributed by atoms with Gasteiger partial charge in [0, 0.05) is 8.07 Å². The lowest BCUT2D eigenvalue weighted by Gasteiger charge is -2.23. The zero-order chi connectivity index (χ0) is 12.0. The monoisotopic (exact) mass is 236 g/mol. The highest BCUT2D eigenvalue weighted by Crippen LogP contribution is 2.30. The number of allylic oxidation sites excluding steroid dienone is 3. The number of hydrogen-bond donors (Lipinski definition) is 0. The fourth-order valence-electron chi connectivity index (χ4n) is 2.35. The van der Waals surface area contributed by atoms with Gasteiger partial charge in [-0.15, -0.1) is 0 Å². The first-order chi connectivity index (χ1) is 7.49. The van der Waals surface area contributed by atoms with E-state index in [2.05, 4.69) is 38.4 Å². The van der Waals surface area contributed by atoms with Crippen LogP contribution in [0.2, 0.25) is 25.7 Å². The molecule has 1 aliphatic carbocycles. The van der Waals surface area contributed by atoms with E-state index in [1.807, 2.05) is 0 Å². The van der Waals surface area contributed by atoms with Crippen LogP contribution in [-0.2, 0) is 0 Å². The van der Waals surface area contributed by atoms with Crippen molar-refractivity contribution in [2.45, 2.75) is 64.2 Å². The number of hydrogen-bond acceptors (Lipinski definition) is 0. The molecule has 0 heterocycles. The van der Waals surface area contributed by atoms with E-state index in [4.69, 9.17) is 0 Å². The van der Waals surface area contributed by atoms with Gasteiger partial charge in [-0.3, -0.25) is 0 Å². The zero-order valence-electron chi connectivity index (χ0n) is 11.4. The second-order valence-electron chi connectivity index (χ2n) is 6.43. The third-order valence-electron chi connectivity index (χ3n) is 3.46. The summed E-state index contributed by atoms with van der Waals surface area (Å²) >= 11 is 0. The Bertz CT molecular complexity index is 239. The maximum atomic E-state index is 4.27. The Morgan fingerprint density at radius 3 is 2.31 bits per heavy atom. The molecule has 92 valence electrons. The Morgan fingerprint density at radius 2 is 1.75 bits per heavy atom. The summed E-state index contributed by atoms with van der Waals surface area (Å²) in [6, 6.07) is 1.31. The minimum Gasteiger partial charge on any atom is -0.0993 e. The molecule has 16 heavy (non-hydrogen) atoms. The molecular weight excluding hydrogens is 208 g/mol. The molecule has 1 aliphatic rings. The Hall–Kier alpha value is -0.303. The average molecular weight is 236 g/mol. The topological polar surface area (TPSA) is 0 Å². The second-order valence-corrected chi connectivity index (χ2v) is 12.0. The SMILES string of the molecule is C=C(C/C=C/C[Si](C)(C)C)C1CCCCC1. The normalized spacial score (nSPS) is 19.2. The summed E-state index contributed by atoms with van der Waals surface area (Å²) in [7, 11) is -0.885. The van der Waals surface area contributed by atoms with Crippen LogP contribution in [0.1, 0.15) is 38.5 Å². The molecule has 1 saturated carbocycles. The third kappa shape index (κ3) is 5.69. The van der Waals surface area contributed by atoms with Gasteiger partial charge >= 0.3 is 0 Å². The van der Waals surface area contributed by atoms with E-state index in [-0.39, 0.29) is 0 Å². The quantitative estimate of drug-likeness (QED) is 0.442. The van der Waals surface area contributed by atoms with Crippen molar-refractivity contribution in [2.75, 3.05) is 0 Å². The lowest BCUT2D eigenvalue weighted by atomic mass is 9.83. The van der Waals surface area contributed by atoms with Gasteiger partial charge in [0.15, 0.2) is 0 Å². The van der Waals surface area contributed by atoms with Gasteiger partial charge in [0.25, 0.3) is 0 Å². The highest BCUT2D eigenvalue weighted by molar-refractivity contribution is 6.76. The molecule has 0 aromatic carbocycles. The van der Waals surface area contributed by atoms with Crippen molar-refractivity contribution >= 4 is 8.07 Å². The molecule has 0 bridgehead atoms. The van der Waals surface area contributed by atoms with Crippen LogP contribution in [0.3, 0.4) is 0 Å². The van der Waals surface area contributed by atoms with Crippen molar-refractivity contribution in [3.05, 3.63) is 24.3 Å².